The number of carbonyl (C=O) groups excluding carboxylic acids is 1. The van der Waals surface area contributed by atoms with Gasteiger partial charge >= 0.3 is 6.09 Å². The third-order valence-electron chi connectivity index (χ3n) is 15.9. The van der Waals surface area contributed by atoms with E-state index in [1.54, 1.807) is 27.6 Å². The normalized spacial score (nSPS) is 21.3. The molecule has 5 aliphatic rings. The van der Waals surface area contributed by atoms with Crippen LogP contribution in [0.5, 0.6) is 0 Å². The highest BCUT2D eigenvalue weighted by atomic mass is 79.9. The van der Waals surface area contributed by atoms with Gasteiger partial charge in [-0.2, -0.15) is 10.2 Å². The van der Waals surface area contributed by atoms with Gasteiger partial charge in [0.1, 0.15) is 17.2 Å². The highest BCUT2D eigenvalue weighted by Gasteiger charge is 2.41. The van der Waals surface area contributed by atoms with Crippen LogP contribution in [-0.4, -0.2) is 149 Å². The van der Waals surface area contributed by atoms with E-state index in [4.69, 9.17) is 44.4 Å². The summed E-state index contributed by atoms with van der Waals surface area (Å²) < 4.78 is 10.3. The molecule has 0 spiro atoms. The number of thiophene rings is 2. The number of pyridine rings is 2. The summed E-state index contributed by atoms with van der Waals surface area (Å²) in [6.07, 6.45) is 13.7. The number of aryl methyl sites for hydroxylation is 2. The van der Waals surface area contributed by atoms with E-state index >= 15 is 0 Å². The van der Waals surface area contributed by atoms with Crippen LogP contribution in [0.3, 0.4) is 0 Å². The molecule has 0 bridgehead atoms. The van der Waals surface area contributed by atoms with Crippen molar-refractivity contribution >= 4 is 83.4 Å². The topological polar surface area (TPSA) is 168 Å². The fourth-order valence-corrected chi connectivity index (χ4v) is 14.2. The molecule has 0 radical (unpaired) electrons. The summed E-state index contributed by atoms with van der Waals surface area (Å²) in [4.78, 5) is 46.3. The first-order valence-corrected chi connectivity index (χ1v) is 28.8. The fourth-order valence-electron chi connectivity index (χ4n) is 11.4. The van der Waals surface area contributed by atoms with Crippen molar-refractivity contribution < 1.29 is 9.53 Å². The second kappa shape index (κ2) is 21.3. The first kappa shape index (κ1) is 53.2. The Morgan fingerprint density at radius 1 is 0.658 bits per heavy atom. The number of nitrogens with two attached hydrogens (primary N) is 2. The number of aromatic nitrogens is 6. The van der Waals surface area contributed by atoms with Gasteiger partial charge in [-0.05, 0) is 118 Å². The zero-order chi connectivity index (χ0) is 53.7. The van der Waals surface area contributed by atoms with E-state index in [0.717, 1.165) is 147 Å². The van der Waals surface area contributed by atoms with Gasteiger partial charge in [0.2, 0.25) is 11.4 Å². The quantitative estimate of drug-likeness (QED) is 0.145. The molecule has 0 aromatic carbocycles. The van der Waals surface area contributed by atoms with Crippen LogP contribution in [0.1, 0.15) is 92.3 Å². The molecule has 2 atom stereocenters. The van der Waals surface area contributed by atoms with Crippen LogP contribution in [0.4, 0.5) is 43.5 Å². The van der Waals surface area contributed by atoms with Gasteiger partial charge < -0.3 is 45.6 Å². The summed E-state index contributed by atoms with van der Waals surface area (Å²) in [5, 5.41) is 10.8. The molecule has 6 aromatic heterocycles. The molecule has 6 aromatic rings. The second-order valence-electron chi connectivity index (χ2n) is 22.2. The highest BCUT2D eigenvalue weighted by molar-refractivity contribution is 9.10. The number of fused-ring (bicyclic) bond motifs is 2. The molecule has 2 unspecified atom stereocenters. The molecule has 3 aliphatic heterocycles. The third kappa shape index (κ3) is 10.6. The van der Waals surface area contributed by atoms with Crippen molar-refractivity contribution in [1.29, 1.82) is 0 Å². The van der Waals surface area contributed by atoms with Crippen LogP contribution in [-0.2, 0) is 28.4 Å². The van der Waals surface area contributed by atoms with Crippen LogP contribution in [0.15, 0.2) is 53.5 Å². The number of ether oxygens (including phenoxy) is 1. The van der Waals surface area contributed by atoms with E-state index < -0.39 is 5.60 Å². The number of hydrogen-bond acceptors (Lipinski definition) is 15. The number of piperazine rings is 3. The number of carbonyl (C=O) groups is 1. The van der Waals surface area contributed by atoms with Crippen LogP contribution in [0, 0.1) is 13.1 Å². The Balaban J connectivity index is 0.000000182. The molecule has 11 rings (SSSR count). The molecule has 3 fully saturated rings. The summed E-state index contributed by atoms with van der Waals surface area (Å²) in [6, 6.07) is 8.34. The molecule has 1 amide bonds. The molecule has 9 heterocycles. The minimum Gasteiger partial charge on any atom is -0.444 e. The van der Waals surface area contributed by atoms with Crippen molar-refractivity contribution in [3.8, 4) is 11.6 Å². The average Bonchev–Trinajstić information content (AvgIpc) is 4.26. The molecule has 400 valence electrons. The van der Waals surface area contributed by atoms with E-state index in [1.807, 2.05) is 48.6 Å². The molecule has 0 saturated carbocycles. The first-order valence-electron chi connectivity index (χ1n) is 26.3. The number of halogens is 1. The second-order valence-corrected chi connectivity index (χ2v) is 25.4. The van der Waals surface area contributed by atoms with Crippen molar-refractivity contribution in [3.63, 3.8) is 0 Å². The summed E-state index contributed by atoms with van der Waals surface area (Å²) in [5.74, 6) is 3.44. The number of rotatable bonds is 7. The Bertz CT molecular complexity index is 3190. The Morgan fingerprint density at radius 3 is 1.54 bits per heavy atom. The van der Waals surface area contributed by atoms with Crippen molar-refractivity contribution in [2.45, 2.75) is 89.6 Å². The lowest BCUT2D eigenvalue weighted by Crippen LogP contribution is -2.50. The summed E-state index contributed by atoms with van der Waals surface area (Å²) >= 11 is 6.79. The molecular weight excluding hydrogens is 1060 g/mol. The van der Waals surface area contributed by atoms with Crippen molar-refractivity contribution in [2.75, 3.05) is 119 Å². The van der Waals surface area contributed by atoms with Crippen molar-refractivity contribution in [1.82, 2.24) is 44.2 Å². The lowest BCUT2D eigenvalue weighted by Gasteiger charge is -2.38. The number of nitrogen functional groups attached to an aromatic ring is 2. The molecular formula is C55H69BrN16O2S2. The maximum Gasteiger partial charge on any atom is 0.410 e. The molecule has 18 nitrogen and oxygen atoms in total. The minimum absolute atomic E-state index is 0.261. The van der Waals surface area contributed by atoms with Gasteiger partial charge in [-0.1, -0.05) is 29.8 Å². The molecule has 3 saturated heterocycles. The predicted octanol–water partition coefficient (Wildman–Crippen LogP) is 9.53. The minimum atomic E-state index is -0.516. The Kier molecular flexibility index (Phi) is 14.9. The predicted molar refractivity (Wildman–Crippen MR) is 309 cm³/mol. The average molecular weight is 1130 g/mol. The summed E-state index contributed by atoms with van der Waals surface area (Å²) in [5.41, 5.74) is 18.0. The molecule has 2 aliphatic carbocycles. The van der Waals surface area contributed by atoms with E-state index in [1.165, 1.54) is 9.75 Å². The number of likely N-dealkylation sites (N-methyl/N-ethyl adjacent to an activating group) is 2. The largest absolute Gasteiger partial charge is 0.444 e. The standard InChI is InChI=1S/C32H43N9O2S.C23H26BrN7S/c1-31(2,3)43-30(42)40-16-14-38(15-17-40)23-18-25(39-12-10-37(6)11-13-39)36-26(19-23)41-21-22(20-35-41)32(4)9-7-8-24-27(32)28(34-5)29(33)44-24;1-23(6-4-5-17-20(23)21(26-2)22(25)32-17)15-13-27-31(14-15)19-12-16(24)11-18(28-19)30-9-7-29(3)8-10-30/h18-21H,7-17,33H2,1-4,6H3;11-14H,4-10,25H2,1,3H3. The van der Waals surface area contributed by atoms with E-state index in [9.17, 15) is 4.79 Å². The van der Waals surface area contributed by atoms with Crippen LogP contribution in [0.2, 0.25) is 0 Å². The van der Waals surface area contributed by atoms with E-state index in [-0.39, 0.29) is 16.9 Å². The van der Waals surface area contributed by atoms with Gasteiger partial charge in [0, 0.05) is 124 Å². The zero-order valence-corrected chi connectivity index (χ0v) is 48.0. The smallest absolute Gasteiger partial charge is 0.410 e. The maximum atomic E-state index is 12.7. The van der Waals surface area contributed by atoms with Crippen LogP contribution in [0.25, 0.3) is 21.3 Å². The fraction of sp³-hybridized carbons (Fsp3) is 0.509. The Morgan fingerprint density at radius 2 is 1.08 bits per heavy atom. The Labute approximate surface area is 463 Å². The van der Waals surface area contributed by atoms with Crippen molar-refractivity contribution in [2.24, 2.45) is 0 Å². The summed E-state index contributed by atoms with van der Waals surface area (Å²) in [6.45, 7) is 36.0. The van der Waals surface area contributed by atoms with Crippen LogP contribution >= 0.6 is 38.6 Å². The van der Waals surface area contributed by atoms with Crippen LogP contribution < -0.4 is 26.2 Å². The number of hydrogen-bond donors (Lipinski definition) is 2. The first-order chi connectivity index (χ1) is 36.3. The van der Waals surface area contributed by atoms with Gasteiger partial charge in [-0.25, -0.2) is 33.8 Å². The number of amides is 1. The zero-order valence-electron chi connectivity index (χ0n) is 44.8. The van der Waals surface area contributed by atoms with Gasteiger partial charge in [0.25, 0.3) is 0 Å². The van der Waals surface area contributed by atoms with Gasteiger partial charge in [0.15, 0.2) is 11.6 Å². The van der Waals surface area contributed by atoms with Crippen molar-refractivity contribution in [3.05, 3.63) is 108 Å². The van der Waals surface area contributed by atoms with E-state index in [0.29, 0.717) is 47.6 Å². The lowest BCUT2D eigenvalue weighted by atomic mass is 9.70. The monoisotopic (exact) mass is 1130 g/mol. The van der Waals surface area contributed by atoms with E-state index in [2.05, 4.69) is 114 Å². The third-order valence-corrected chi connectivity index (χ3v) is 18.5. The highest BCUT2D eigenvalue weighted by Crippen LogP contribution is 2.54. The Hall–Kier alpha value is -6.23. The molecule has 21 heteroatoms. The number of anilines is 5. The van der Waals surface area contributed by atoms with Gasteiger partial charge in [-0.15, -0.1) is 22.7 Å². The summed E-state index contributed by atoms with van der Waals surface area (Å²) in [7, 11) is 4.31. The molecule has 4 N–H and O–H groups in total. The van der Waals surface area contributed by atoms with Gasteiger partial charge in [0.05, 0.1) is 35.5 Å². The lowest BCUT2D eigenvalue weighted by molar-refractivity contribution is 0.0240. The number of nitrogens with zero attached hydrogens (tertiary/aromatic N) is 14. The SMILES string of the molecule is [C-]#[N+]c1c(N)sc2c1C(C)(c1cnn(-c3cc(Br)cc(N4CCN(C)CC4)n3)c1)CCC2.[C-]#[N+]c1c(N)sc2c1C(C)(c1cnn(-c3cc(N4CCN(C(=O)OC(C)(C)C)CC4)cc(N4CCN(C)CC4)n3)c1)CCC2. The maximum absolute atomic E-state index is 12.7. The van der Waals surface area contributed by atoms with Gasteiger partial charge in [-0.3, -0.25) is 0 Å². The molecule has 76 heavy (non-hydrogen) atoms.